The van der Waals surface area contributed by atoms with Crippen LogP contribution in [0.2, 0.25) is 15.1 Å². The molecule has 0 bridgehead atoms. The molecule has 0 amide bonds. The van der Waals surface area contributed by atoms with E-state index in [0.29, 0.717) is 16.3 Å². The minimum Gasteiger partial charge on any atom is -0.354 e. The summed E-state index contributed by atoms with van der Waals surface area (Å²) in [5.74, 6) is 0. The zero-order chi connectivity index (χ0) is 18.1. The Labute approximate surface area is 160 Å². The van der Waals surface area contributed by atoms with Gasteiger partial charge in [0.15, 0.2) is 4.99 Å². The number of halogens is 4. The van der Waals surface area contributed by atoms with E-state index < -0.39 is 21.3 Å². The quantitative estimate of drug-likeness (QED) is 0.544. The molecule has 1 aliphatic rings. The summed E-state index contributed by atoms with van der Waals surface area (Å²) in [7, 11) is -2.80. The maximum absolute atomic E-state index is 14.3. The lowest BCUT2D eigenvalue weighted by atomic mass is 10.0. The second-order valence-corrected chi connectivity index (χ2v) is 7.40. The van der Waals surface area contributed by atoms with Gasteiger partial charge in [0.1, 0.15) is 6.04 Å². The first-order valence-corrected chi connectivity index (χ1v) is 9.31. The maximum Gasteiger partial charge on any atom is 0.233 e. The molecule has 0 N–H and O–H groups in total. The summed E-state index contributed by atoms with van der Waals surface area (Å²) in [5.41, 5.74) is 0.886. The number of nitrogens with zero attached hydrogens (tertiary/aromatic N) is 3. The van der Waals surface area contributed by atoms with Gasteiger partial charge < -0.3 is 4.90 Å². The van der Waals surface area contributed by atoms with E-state index in [1.807, 2.05) is 0 Å². The molecule has 1 aliphatic heterocycles. The SMILES string of the molecule is O=S(=O)=C1C(c2cccc(Cl)c2)N(c2c(Cl)cncc2Cl)CCN1F. The molecule has 1 fully saturated rings. The molecule has 2 heterocycles. The number of benzene rings is 1. The smallest absolute Gasteiger partial charge is 0.233 e. The number of pyridine rings is 1. The zero-order valence-electron chi connectivity index (χ0n) is 12.5. The normalized spacial score (nSPS) is 18.5. The Morgan fingerprint density at radius 1 is 1.12 bits per heavy atom. The molecule has 5 nitrogen and oxygen atoms in total. The van der Waals surface area contributed by atoms with Crippen molar-refractivity contribution in [3.63, 3.8) is 0 Å². The number of hydrogen-bond acceptors (Lipinski definition) is 4. The van der Waals surface area contributed by atoms with Gasteiger partial charge in [-0.3, -0.25) is 4.98 Å². The van der Waals surface area contributed by atoms with Crippen LogP contribution in [0.4, 0.5) is 10.2 Å². The summed E-state index contributed by atoms with van der Waals surface area (Å²) in [6.45, 7) is 0.00714. The van der Waals surface area contributed by atoms with Crippen LogP contribution >= 0.6 is 34.8 Å². The van der Waals surface area contributed by atoms with Crippen LogP contribution in [0.3, 0.4) is 0 Å². The van der Waals surface area contributed by atoms with Crippen molar-refractivity contribution in [2.75, 3.05) is 18.0 Å². The fourth-order valence-corrected chi connectivity index (χ4v) is 4.27. The van der Waals surface area contributed by atoms with Gasteiger partial charge in [0, 0.05) is 24.0 Å². The monoisotopic (exact) mass is 421 g/mol. The third-order valence-electron chi connectivity index (χ3n) is 3.77. The molecule has 0 aliphatic carbocycles. The van der Waals surface area contributed by atoms with Crippen molar-refractivity contribution in [3.05, 3.63) is 57.3 Å². The number of aromatic nitrogens is 1. The predicted octanol–water partition coefficient (Wildman–Crippen LogP) is 3.80. The van der Waals surface area contributed by atoms with Gasteiger partial charge in [-0.25, -0.2) is 0 Å². The van der Waals surface area contributed by atoms with Gasteiger partial charge in [0.25, 0.3) is 0 Å². The van der Waals surface area contributed by atoms with Crippen molar-refractivity contribution in [2.24, 2.45) is 0 Å². The van der Waals surface area contributed by atoms with Gasteiger partial charge in [0.05, 0.1) is 22.3 Å². The van der Waals surface area contributed by atoms with Gasteiger partial charge in [-0.2, -0.15) is 8.42 Å². The van der Waals surface area contributed by atoms with E-state index in [1.54, 1.807) is 29.2 Å². The minimum atomic E-state index is -2.80. The lowest BCUT2D eigenvalue weighted by Crippen LogP contribution is -2.50. The average Bonchev–Trinajstić information content (AvgIpc) is 2.55. The summed E-state index contributed by atoms with van der Waals surface area (Å²) in [4.78, 5) is 5.10. The fraction of sp³-hybridized carbons (Fsp3) is 0.200. The Balaban J connectivity index is 2.25. The molecular formula is C15H11Cl3FN3O2S. The van der Waals surface area contributed by atoms with Crippen LogP contribution in [-0.2, 0) is 10.3 Å². The van der Waals surface area contributed by atoms with Gasteiger partial charge in [-0.15, -0.1) is 4.48 Å². The molecule has 1 aromatic heterocycles. The largest absolute Gasteiger partial charge is 0.354 e. The molecule has 132 valence electrons. The molecule has 3 rings (SSSR count). The standard InChI is InChI=1S/C15H11Cl3FN3O2S/c16-10-3-1-2-9(6-10)13-15(25(23)24)22(19)5-4-21(13)14-11(17)7-20-8-12(14)18/h1-3,6-8,13H,4-5H2. The van der Waals surface area contributed by atoms with Gasteiger partial charge in [0.2, 0.25) is 10.3 Å². The van der Waals surface area contributed by atoms with Crippen LogP contribution in [0.25, 0.3) is 0 Å². The first-order chi connectivity index (χ1) is 11.9. The van der Waals surface area contributed by atoms with Crippen molar-refractivity contribution in [1.82, 2.24) is 10.1 Å². The Kier molecular flexibility index (Phi) is 5.50. The number of piperazine rings is 1. The third-order valence-corrected chi connectivity index (χ3v) is 5.32. The summed E-state index contributed by atoms with van der Waals surface area (Å²) in [6.07, 6.45) is 2.79. The van der Waals surface area contributed by atoms with Gasteiger partial charge >= 0.3 is 0 Å². The highest BCUT2D eigenvalue weighted by Crippen LogP contribution is 2.40. The first kappa shape index (κ1) is 18.4. The summed E-state index contributed by atoms with van der Waals surface area (Å²) in [5, 5.41) is 1.09. The van der Waals surface area contributed by atoms with E-state index in [1.165, 1.54) is 12.4 Å². The van der Waals surface area contributed by atoms with E-state index in [0.717, 1.165) is 0 Å². The van der Waals surface area contributed by atoms with E-state index >= 15 is 0 Å². The van der Waals surface area contributed by atoms with Crippen molar-refractivity contribution >= 4 is 55.8 Å². The van der Waals surface area contributed by atoms with Crippen molar-refractivity contribution in [3.8, 4) is 0 Å². The van der Waals surface area contributed by atoms with Crippen molar-refractivity contribution in [2.45, 2.75) is 6.04 Å². The van der Waals surface area contributed by atoms with E-state index in [9.17, 15) is 12.9 Å². The maximum atomic E-state index is 14.3. The topological polar surface area (TPSA) is 53.5 Å². The molecule has 0 radical (unpaired) electrons. The number of anilines is 1. The third kappa shape index (κ3) is 3.61. The van der Waals surface area contributed by atoms with Gasteiger partial charge in [-0.1, -0.05) is 52.1 Å². The van der Waals surface area contributed by atoms with Crippen LogP contribution in [-0.4, -0.2) is 36.6 Å². The Morgan fingerprint density at radius 2 is 1.80 bits per heavy atom. The fourth-order valence-electron chi connectivity index (χ4n) is 2.79. The van der Waals surface area contributed by atoms with Gasteiger partial charge in [-0.05, 0) is 17.7 Å². The molecule has 1 aromatic carbocycles. The van der Waals surface area contributed by atoms with Crippen LogP contribution in [0.15, 0.2) is 36.7 Å². The van der Waals surface area contributed by atoms with E-state index in [2.05, 4.69) is 4.98 Å². The molecule has 1 saturated heterocycles. The van der Waals surface area contributed by atoms with Crippen LogP contribution < -0.4 is 4.90 Å². The van der Waals surface area contributed by atoms with Crippen LogP contribution in [0.1, 0.15) is 11.6 Å². The average molecular weight is 423 g/mol. The first-order valence-electron chi connectivity index (χ1n) is 7.10. The predicted molar refractivity (Wildman–Crippen MR) is 97.5 cm³/mol. The Hall–Kier alpha value is -1.38. The number of rotatable bonds is 2. The van der Waals surface area contributed by atoms with Crippen LogP contribution in [0.5, 0.6) is 0 Å². The van der Waals surface area contributed by atoms with E-state index in [-0.39, 0.29) is 28.3 Å². The summed E-state index contributed by atoms with van der Waals surface area (Å²) >= 11 is 18.5. The molecule has 0 saturated carbocycles. The molecule has 25 heavy (non-hydrogen) atoms. The second-order valence-electron chi connectivity index (χ2n) is 5.26. The Morgan fingerprint density at radius 3 is 2.40 bits per heavy atom. The highest BCUT2D eigenvalue weighted by atomic mass is 35.5. The molecule has 1 atom stereocenters. The second kappa shape index (κ2) is 7.47. The lowest BCUT2D eigenvalue weighted by Gasteiger charge is -2.40. The Bertz CT molecular complexity index is 927. The van der Waals surface area contributed by atoms with Crippen LogP contribution in [0, 0.1) is 0 Å². The number of hydrogen-bond donors (Lipinski definition) is 0. The van der Waals surface area contributed by atoms with Crippen molar-refractivity contribution < 1.29 is 12.9 Å². The minimum absolute atomic E-state index is 0.157. The summed E-state index contributed by atoms with van der Waals surface area (Å²) in [6, 6.07) is 5.58. The molecule has 2 aromatic rings. The van der Waals surface area contributed by atoms with Crippen molar-refractivity contribution in [1.29, 1.82) is 0 Å². The molecule has 1 unspecified atom stereocenters. The highest BCUT2D eigenvalue weighted by Gasteiger charge is 2.38. The molecule has 10 heteroatoms. The molecule has 0 spiro atoms. The highest BCUT2D eigenvalue weighted by molar-refractivity contribution is 7.73. The molecular weight excluding hydrogens is 412 g/mol. The zero-order valence-corrected chi connectivity index (χ0v) is 15.6. The van der Waals surface area contributed by atoms with E-state index in [4.69, 9.17) is 34.8 Å². The lowest BCUT2D eigenvalue weighted by molar-refractivity contribution is 0.112. The summed E-state index contributed by atoms with van der Waals surface area (Å²) < 4.78 is 37.7.